The number of hydrogen-bond donors (Lipinski definition) is 1. The highest BCUT2D eigenvalue weighted by Crippen LogP contribution is 2.14. The molecule has 0 aromatic carbocycles. The van der Waals surface area contributed by atoms with E-state index in [4.69, 9.17) is 5.73 Å². The Morgan fingerprint density at radius 2 is 2.25 bits per heavy atom. The van der Waals surface area contributed by atoms with Crippen LogP contribution in [-0.2, 0) is 0 Å². The van der Waals surface area contributed by atoms with E-state index in [-0.39, 0.29) is 0 Å². The molecule has 2 N–H and O–H groups in total. The van der Waals surface area contributed by atoms with Gasteiger partial charge in [0.05, 0.1) is 0 Å². The molecule has 1 saturated heterocycles. The van der Waals surface area contributed by atoms with Crippen LogP contribution in [0.25, 0.3) is 0 Å². The second-order valence-corrected chi connectivity index (χ2v) is 3.92. The number of aliphatic imine (C=N–C) groups is 1. The second-order valence-electron chi connectivity index (χ2n) is 3.92. The summed E-state index contributed by atoms with van der Waals surface area (Å²) in [5.41, 5.74) is 5.82. The van der Waals surface area contributed by atoms with Gasteiger partial charge in [-0.1, -0.05) is 6.92 Å². The Hall–Kier alpha value is -0.730. The molecule has 0 aromatic heterocycles. The number of likely N-dealkylation sites (tertiary alicyclic amines) is 1. The van der Waals surface area contributed by atoms with Crippen LogP contribution in [0.1, 0.15) is 27.2 Å². The molecule has 0 spiro atoms. The van der Waals surface area contributed by atoms with Crippen molar-refractivity contribution in [1.29, 1.82) is 0 Å². The van der Waals surface area contributed by atoms with E-state index in [9.17, 15) is 0 Å². The van der Waals surface area contributed by atoms with Crippen LogP contribution in [0.4, 0.5) is 0 Å². The zero-order chi connectivity index (χ0) is 9.14. The zero-order valence-corrected chi connectivity index (χ0v) is 8.25. The largest absolute Gasteiger partial charge is 0.370 e. The van der Waals surface area contributed by atoms with Gasteiger partial charge in [-0.3, -0.25) is 4.99 Å². The number of hydrogen-bond acceptors (Lipinski definition) is 1. The summed E-state index contributed by atoms with van der Waals surface area (Å²) in [5, 5.41) is 0. The lowest BCUT2D eigenvalue weighted by atomic mass is 10.2. The lowest BCUT2D eigenvalue weighted by Crippen LogP contribution is -2.36. The molecule has 12 heavy (non-hydrogen) atoms. The predicted octanol–water partition coefficient (Wildman–Crippen LogP) is 1.05. The van der Waals surface area contributed by atoms with Crippen LogP contribution in [0.2, 0.25) is 0 Å². The monoisotopic (exact) mass is 169 g/mol. The zero-order valence-electron chi connectivity index (χ0n) is 8.25. The summed E-state index contributed by atoms with van der Waals surface area (Å²) >= 11 is 0. The number of nitrogens with two attached hydrogens (primary N) is 1. The molecule has 70 valence electrons. The number of nitrogens with zero attached hydrogens (tertiary/aromatic N) is 2. The van der Waals surface area contributed by atoms with Crippen LogP contribution in [0, 0.1) is 5.92 Å². The molecule has 0 radical (unpaired) electrons. The van der Waals surface area contributed by atoms with Crippen molar-refractivity contribution < 1.29 is 0 Å². The molecule has 0 aromatic rings. The first-order chi connectivity index (χ1) is 5.59. The van der Waals surface area contributed by atoms with Crippen LogP contribution in [0.5, 0.6) is 0 Å². The van der Waals surface area contributed by atoms with E-state index in [0.29, 0.717) is 12.0 Å². The van der Waals surface area contributed by atoms with Crippen molar-refractivity contribution in [3.05, 3.63) is 0 Å². The first-order valence-corrected chi connectivity index (χ1v) is 4.68. The third-order valence-corrected chi connectivity index (χ3v) is 2.14. The molecule has 1 rings (SSSR count). The van der Waals surface area contributed by atoms with Gasteiger partial charge in [-0.25, -0.2) is 0 Å². The van der Waals surface area contributed by atoms with Gasteiger partial charge < -0.3 is 10.6 Å². The maximum Gasteiger partial charge on any atom is 0.191 e. The number of rotatable bonds is 1. The molecule has 0 bridgehead atoms. The molecule has 3 heteroatoms. The SMILES string of the molecule is CC1CCN(C(N)=NC(C)C)C1. The third-order valence-electron chi connectivity index (χ3n) is 2.14. The first-order valence-electron chi connectivity index (χ1n) is 4.68. The summed E-state index contributed by atoms with van der Waals surface area (Å²) in [6.07, 6.45) is 1.24. The second kappa shape index (κ2) is 3.78. The van der Waals surface area contributed by atoms with E-state index < -0.39 is 0 Å². The smallest absolute Gasteiger partial charge is 0.191 e. The summed E-state index contributed by atoms with van der Waals surface area (Å²) in [6.45, 7) is 8.49. The fraction of sp³-hybridized carbons (Fsp3) is 0.889. The highest BCUT2D eigenvalue weighted by Gasteiger charge is 2.19. The van der Waals surface area contributed by atoms with E-state index in [0.717, 1.165) is 19.0 Å². The molecule has 1 heterocycles. The Bertz CT molecular complexity index is 175. The maximum atomic E-state index is 5.82. The van der Waals surface area contributed by atoms with Gasteiger partial charge in [0.25, 0.3) is 0 Å². The minimum atomic E-state index is 0.306. The van der Waals surface area contributed by atoms with E-state index in [1.807, 2.05) is 13.8 Å². The van der Waals surface area contributed by atoms with E-state index in [1.165, 1.54) is 6.42 Å². The van der Waals surface area contributed by atoms with Crippen molar-refractivity contribution in [2.75, 3.05) is 13.1 Å². The highest BCUT2D eigenvalue weighted by molar-refractivity contribution is 5.78. The summed E-state index contributed by atoms with van der Waals surface area (Å²) < 4.78 is 0. The fourth-order valence-corrected chi connectivity index (χ4v) is 1.49. The molecule has 0 aliphatic carbocycles. The Morgan fingerprint density at radius 1 is 1.58 bits per heavy atom. The summed E-state index contributed by atoms with van der Waals surface area (Å²) in [4.78, 5) is 6.49. The Kier molecular flexibility index (Phi) is 2.95. The van der Waals surface area contributed by atoms with Crippen molar-refractivity contribution in [1.82, 2.24) is 4.90 Å². The van der Waals surface area contributed by atoms with Gasteiger partial charge in [-0.2, -0.15) is 0 Å². The lowest BCUT2D eigenvalue weighted by Gasteiger charge is -2.17. The van der Waals surface area contributed by atoms with Gasteiger partial charge in [-0.15, -0.1) is 0 Å². The quantitative estimate of drug-likeness (QED) is 0.471. The van der Waals surface area contributed by atoms with Gasteiger partial charge in [-0.05, 0) is 26.2 Å². The van der Waals surface area contributed by atoms with Gasteiger partial charge in [0.15, 0.2) is 5.96 Å². The third kappa shape index (κ3) is 2.40. The summed E-state index contributed by atoms with van der Waals surface area (Å²) in [5.74, 6) is 1.49. The topological polar surface area (TPSA) is 41.6 Å². The Balaban J connectivity index is 2.48. The van der Waals surface area contributed by atoms with Gasteiger partial charge in [0.1, 0.15) is 0 Å². The molecule has 0 saturated carbocycles. The molecule has 0 amide bonds. The van der Waals surface area contributed by atoms with Gasteiger partial charge in [0.2, 0.25) is 0 Å². The van der Waals surface area contributed by atoms with Crippen LogP contribution < -0.4 is 5.73 Å². The first kappa shape index (κ1) is 9.36. The molecule has 1 atom stereocenters. The minimum absolute atomic E-state index is 0.306. The van der Waals surface area contributed by atoms with Crippen LogP contribution >= 0.6 is 0 Å². The maximum absolute atomic E-state index is 5.82. The molecule has 1 aliphatic rings. The van der Waals surface area contributed by atoms with Gasteiger partial charge in [0, 0.05) is 19.1 Å². The molecule has 1 aliphatic heterocycles. The van der Waals surface area contributed by atoms with E-state index in [2.05, 4.69) is 16.8 Å². The molecular weight excluding hydrogens is 150 g/mol. The molecular formula is C9H19N3. The van der Waals surface area contributed by atoms with Crippen molar-refractivity contribution in [2.45, 2.75) is 33.2 Å². The fourth-order valence-electron chi connectivity index (χ4n) is 1.49. The normalized spacial score (nSPS) is 25.5. The average Bonchev–Trinajstić information content (AvgIpc) is 2.34. The van der Waals surface area contributed by atoms with Crippen LogP contribution in [0.15, 0.2) is 4.99 Å². The lowest BCUT2D eigenvalue weighted by molar-refractivity contribution is 0.484. The van der Waals surface area contributed by atoms with E-state index in [1.54, 1.807) is 0 Å². The molecule has 1 unspecified atom stereocenters. The van der Waals surface area contributed by atoms with Crippen molar-refractivity contribution in [3.63, 3.8) is 0 Å². The molecule has 3 nitrogen and oxygen atoms in total. The Morgan fingerprint density at radius 3 is 2.67 bits per heavy atom. The predicted molar refractivity (Wildman–Crippen MR) is 52.1 cm³/mol. The van der Waals surface area contributed by atoms with Crippen LogP contribution in [0.3, 0.4) is 0 Å². The average molecular weight is 169 g/mol. The molecule has 1 fully saturated rings. The van der Waals surface area contributed by atoms with Gasteiger partial charge >= 0.3 is 0 Å². The summed E-state index contributed by atoms with van der Waals surface area (Å²) in [7, 11) is 0. The Labute approximate surface area is 74.6 Å². The van der Waals surface area contributed by atoms with E-state index >= 15 is 0 Å². The van der Waals surface area contributed by atoms with Crippen molar-refractivity contribution in [3.8, 4) is 0 Å². The van der Waals surface area contributed by atoms with Crippen molar-refractivity contribution in [2.24, 2.45) is 16.6 Å². The standard InChI is InChI=1S/C9H19N3/c1-7(2)11-9(10)12-5-4-8(3)6-12/h7-8H,4-6H2,1-3H3,(H2,10,11). The summed E-state index contributed by atoms with van der Waals surface area (Å²) in [6, 6.07) is 0.306. The minimum Gasteiger partial charge on any atom is -0.370 e. The van der Waals surface area contributed by atoms with Crippen molar-refractivity contribution >= 4 is 5.96 Å². The highest BCUT2D eigenvalue weighted by atomic mass is 15.3. The number of guanidine groups is 1. The van der Waals surface area contributed by atoms with Crippen LogP contribution in [-0.4, -0.2) is 30.0 Å².